The number of fused-ring (bicyclic) bond motifs is 1. The highest BCUT2D eigenvalue weighted by molar-refractivity contribution is 6.12. The minimum absolute atomic E-state index is 0.107. The summed E-state index contributed by atoms with van der Waals surface area (Å²) in [6.07, 6.45) is 0. The largest absolute Gasteiger partial charge is 0.395 e. The van der Waals surface area contributed by atoms with Crippen molar-refractivity contribution in [2.24, 2.45) is 0 Å². The van der Waals surface area contributed by atoms with Crippen LogP contribution in [0.2, 0.25) is 0 Å². The first-order valence-corrected chi connectivity index (χ1v) is 7.90. The van der Waals surface area contributed by atoms with Crippen molar-refractivity contribution in [2.75, 3.05) is 30.4 Å². The molecule has 0 radical (unpaired) electrons. The quantitative estimate of drug-likeness (QED) is 0.756. The van der Waals surface area contributed by atoms with Crippen LogP contribution in [-0.4, -0.2) is 31.2 Å². The minimum atomic E-state index is -0.122. The Hall–Kier alpha value is -2.85. The molecule has 4 heteroatoms. The average Bonchev–Trinajstić information content (AvgIpc) is 2.62. The van der Waals surface area contributed by atoms with Gasteiger partial charge in [-0.1, -0.05) is 36.4 Å². The standard InChI is InChI=1S/C20H20N2O2/c1-22(13-14-23)17-11-9-16(10-12-17)21-20(24)19-8-4-6-15-5-2-3-7-18(15)19/h2-12,23H,13-14H2,1H3,(H,21,24). The fourth-order valence-electron chi connectivity index (χ4n) is 2.70. The summed E-state index contributed by atoms with van der Waals surface area (Å²) in [7, 11) is 1.92. The predicted octanol–water partition coefficient (Wildman–Crippen LogP) is 3.52. The van der Waals surface area contributed by atoms with Gasteiger partial charge in [-0.05, 0) is 41.1 Å². The third-order valence-corrected chi connectivity index (χ3v) is 4.04. The molecule has 0 aromatic heterocycles. The molecule has 2 N–H and O–H groups in total. The van der Waals surface area contributed by atoms with Crippen molar-refractivity contribution in [1.29, 1.82) is 0 Å². The molecule has 0 atom stereocenters. The Morgan fingerprint density at radius 3 is 2.46 bits per heavy atom. The molecule has 0 heterocycles. The molecule has 3 aromatic carbocycles. The van der Waals surface area contributed by atoms with Gasteiger partial charge in [-0.25, -0.2) is 0 Å². The Bertz CT molecular complexity index is 838. The van der Waals surface area contributed by atoms with Gasteiger partial charge in [-0.2, -0.15) is 0 Å². The van der Waals surface area contributed by atoms with E-state index in [0.717, 1.165) is 22.1 Å². The van der Waals surface area contributed by atoms with Gasteiger partial charge in [0.1, 0.15) is 0 Å². The maximum Gasteiger partial charge on any atom is 0.256 e. The van der Waals surface area contributed by atoms with E-state index in [-0.39, 0.29) is 12.5 Å². The molecular weight excluding hydrogens is 300 g/mol. The van der Waals surface area contributed by atoms with Gasteiger partial charge in [0.2, 0.25) is 0 Å². The molecule has 3 aromatic rings. The van der Waals surface area contributed by atoms with Crippen LogP contribution < -0.4 is 10.2 Å². The Labute approximate surface area is 141 Å². The second-order valence-electron chi connectivity index (χ2n) is 5.67. The first-order chi connectivity index (χ1) is 11.7. The molecule has 0 unspecified atom stereocenters. The van der Waals surface area contributed by atoms with E-state index in [1.54, 1.807) is 0 Å². The highest BCUT2D eigenvalue weighted by atomic mass is 16.3. The second kappa shape index (κ2) is 7.15. The lowest BCUT2D eigenvalue weighted by Crippen LogP contribution is -2.21. The van der Waals surface area contributed by atoms with E-state index in [4.69, 9.17) is 5.11 Å². The van der Waals surface area contributed by atoms with Gasteiger partial charge < -0.3 is 15.3 Å². The molecule has 1 amide bonds. The number of hydrogen-bond donors (Lipinski definition) is 2. The summed E-state index contributed by atoms with van der Waals surface area (Å²) < 4.78 is 0. The maximum atomic E-state index is 12.6. The van der Waals surface area contributed by atoms with E-state index in [9.17, 15) is 4.79 Å². The Morgan fingerprint density at radius 1 is 1.00 bits per heavy atom. The lowest BCUT2D eigenvalue weighted by Gasteiger charge is -2.18. The molecule has 122 valence electrons. The maximum absolute atomic E-state index is 12.6. The van der Waals surface area contributed by atoms with E-state index in [1.165, 1.54) is 0 Å². The fourth-order valence-corrected chi connectivity index (χ4v) is 2.70. The summed E-state index contributed by atoms with van der Waals surface area (Å²) in [5.41, 5.74) is 2.40. The lowest BCUT2D eigenvalue weighted by atomic mass is 10.0. The zero-order chi connectivity index (χ0) is 16.9. The average molecular weight is 320 g/mol. The van der Waals surface area contributed by atoms with Gasteiger partial charge >= 0.3 is 0 Å². The van der Waals surface area contributed by atoms with Crippen LogP contribution in [0.25, 0.3) is 10.8 Å². The van der Waals surface area contributed by atoms with Crippen molar-refractivity contribution in [3.63, 3.8) is 0 Å². The van der Waals surface area contributed by atoms with E-state index in [1.807, 2.05) is 78.7 Å². The molecule has 24 heavy (non-hydrogen) atoms. The first-order valence-electron chi connectivity index (χ1n) is 7.90. The number of benzene rings is 3. The molecular formula is C20H20N2O2. The van der Waals surface area contributed by atoms with Crippen LogP contribution in [0, 0.1) is 0 Å². The molecule has 0 aliphatic rings. The number of likely N-dealkylation sites (N-methyl/N-ethyl adjacent to an activating group) is 1. The fraction of sp³-hybridized carbons (Fsp3) is 0.150. The number of aliphatic hydroxyl groups excluding tert-OH is 1. The monoisotopic (exact) mass is 320 g/mol. The van der Waals surface area contributed by atoms with Gasteiger partial charge in [-0.15, -0.1) is 0 Å². The number of nitrogens with one attached hydrogen (secondary N) is 1. The summed E-state index contributed by atoms with van der Waals surface area (Å²) in [4.78, 5) is 14.5. The highest BCUT2D eigenvalue weighted by Gasteiger charge is 2.10. The molecule has 0 spiro atoms. The SMILES string of the molecule is CN(CCO)c1ccc(NC(=O)c2cccc3ccccc23)cc1. The Balaban J connectivity index is 1.79. The zero-order valence-electron chi connectivity index (χ0n) is 13.6. The van der Waals surface area contributed by atoms with Crippen LogP contribution in [0.15, 0.2) is 66.7 Å². The summed E-state index contributed by atoms with van der Waals surface area (Å²) in [5, 5.41) is 13.9. The Kier molecular flexibility index (Phi) is 4.77. The predicted molar refractivity (Wildman–Crippen MR) is 98.7 cm³/mol. The molecule has 3 rings (SSSR count). The molecule has 4 nitrogen and oxygen atoms in total. The number of carbonyl (C=O) groups excluding carboxylic acids is 1. The number of carbonyl (C=O) groups is 1. The van der Waals surface area contributed by atoms with Crippen LogP contribution in [-0.2, 0) is 0 Å². The number of amides is 1. The number of rotatable bonds is 5. The second-order valence-corrected chi connectivity index (χ2v) is 5.67. The molecule has 0 fully saturated rings. The highest BCUT2D eigenvalue weighted by Crippen LogP contribution is 2.21. The van der Waals surface area contributed by atoms with Gasteiger partial charge in [0.05, 0.1) is 6.61 Å². The number of anilines is 2. The lowest BCUT2D eigenvalue weighted by molar-refractivity contribution is 0.102. The number of hydrogen-bond acceptors (Lipinski definition) is 3. The van der Waals surface area contributed by atoms with Gasteiger partial charge in [0, 0.05) is 30.5 Å². The van der Waals surface area contributed by atoms with E-state index in [2.05, 4.69) is 5.32 Å². The third-order valence-electron chi connectivity index (χ3n) is 4.04. The normalized spacial score (nSPS) is 10.6. The Morgan fingerprint density at radius 2 is 1.71 bits per heavy atom. The van der Waals surface area contributed by atoms with E-state index < -0.39 is 0 Å². The third kappa shape index (κ3) is 3.39. The van der Waals surface area contributed by atoms with Gasteiger partial charge in [0.15, 0.2) is 0 Å². The molecule has 0 bridgehead atoms. The minimum Gasteiger partial charge on any atom is -0.395 e. The van der Waals surface area contributed by atoms with Crippen LogP contribution in [0.5, 0.6) is 0 Å². The smallest absolute Gasteiger partial charge is 0.256 e. The molecule has 0 saturated carbocycles. The number of aliphatic hydroxyl groups is 1. The van der Waals surface area contributed by atoms with Gasteiger partial charge in [-0.3, -0.25) is 4.79 Å². The molecule has 0 aliphatic carbocycles. The van der Waals surface area contributed by atoms with Crippen LogP contribution in [0.3, 0.4) is 0 Å². The summed E-state index contributed by atoms with van der Waals surface area (Å²) in [5.74, 6) is -0.122. The van der Waals surface area contributed by atoms with E-state index >= 15 is 0 Å². The van der Waals surface area contributed by atoms with Gasteiger partial charge in [0.25, 0.3) is 5.91 Å². The topological polar surface area (TPSA) is 52.6 Å². The van der Waals surface area contributed by atoms with Crippen molar-refractivity contribution >= 4 is 28.1 Å². The first kappa shape index (κ1) is 16.0. The van der Waals surface area contributed by atoms with Crippen molar-refractivity contribution in [2.45, 2.75) is 0 Å². The van der Waals surface area contributed by atoms with Crippen molar-refractivity contribution in [3.8, 4) is 0 Å². The number of nitrogens with zero attached hydrogens (tertiary/aromatic N) is 1. The van der Waals surface area contributed by atoms with Crippen molar-refractivity contribution in [1.82, 2.24) is 0 Å². The summed E-state index contributed by atoms with van der Waals surface area (Å²) in [6, 6.07) is 21.2. The summed E-state index contributed by atoms with van der Waals surface area (Å²) in [6.45, 7) is 0.678. The zero-order valence-corrected chi connectivity index (χ0v) is 13.6. The van der Waals surface area contributed by atoms with Crippen LogP contribution >= 0.6 is 0 Å². The van der Waals surface area contributed by atoms with E-state index in [0.29, 0.717) is 12.1 Å². The molecule has 0 aliphatic heterocycles. The molecule has 0 saturated heterocycles. The van der Waals surface area contributed by atoms with Crippen LogP contribution in [0.1, 0.15) is 10.4 Å². The van der Waals surface area contributed by atoms with Crippen molar-refractivity contribution in [3.05, 3.63) is 72.3 Å². The van der Waals surface area contributed by atoms with Crippen LogP contribution in [0.4, 0.5) is 11.4 Å². The summed E-state index contributed by atoms with van der Waals surface area (Å²) >= 11 is 0. The van der Waals surface area contributed by atoms with Crippen molar-refractivity contribution < 1.29 is 9.90 Å².